The lowest BCUT2D eigenvalue weighted by molar-refractivity contribution is -0.120. The first kappa shape index (κ1) is 13.1. The van der Waals surface area contributed by atoms with Crippen molar-refractivity contribution >= 4 is 5.78 Å². The number of rotatable bonds is 5. The van der Waals surface area contributed by atoms with Crippen LogP contribution in [-0.4, -0.2) is 18.4 Å². The average Bonchev–Trinajstić information content (AvgIpc) is 2.85. The molecule has 1 fully saturated rings. The number of nitrogens with one attached hydrogen (secondary N) is 1. The van der Waals surface area contributed by atoms with Gasteiger partial charge in [0.05, 0.1) is 6.04 Å². The fourth-order valence-corrected chi connectivity index (χ4v) is 2.31. The van der Waals surface area contributed by atoms with Crippen molar-refractivity contribution in [2.75, 3.05) is 6.54 Å². The molecule has 1 saturated heterocycles. The second-order valence-electron chi connectivity index (χ2n) is 4.70. The molecule has 0 radical (unpaired) electrons. The molecule has 4 heteroatoms. The highest BCUT2D eigenvalue weighted by molar-refractivity contribution is 5.84. The maximum atomic E-state index is 13.3. The number of hydrogen-bond acceptors (Lipinski definition) is 2. The van der Waals surface area contributed by atoms with Crippen molar-refractivity contribution in [3.05, 3.63) is 35.4 Å². The maximum Gasteiger partial charge on any atom is 0.149 e. The number of hydrogen-bond donors (Lipinski definition) is 1. The first-order valence-electron chi connectivity index (χ1n) is 6.37. The summed E-state index contributed by atoms with van der Waals surface area (Å²) in [7, 11) is 0. The maximum absolute atomic E-state index is 13.3. The number of Topliss-reactive ketones (excluding diaryl/α,β-unsaturated/α-hetero) is 1. The van der Waals surface area contributed by atoms with Crippen LogP contribution in [0.5, 0.6) is 0 Å². The van der Waals surface area contributed by atoms with E-state index in [0.717, 1.165) is 25.5 Å². The molecule has 2 rings (SSSR count). The van der Waals surface area contributed by atoms with Gasteiger partial charge in [-0.3, -0.25) is 4.79 Å². The molecule has 0 spiro atoms. The summed E-state index contributed by atoms with van der Waals surface area (Å²) in [6, 6.07) is 3.57. The Hall–Kier alpha value is -1.29. The van der Waals surface area contributed by atoms with Crippen LogP contribution in [0.1, 0.15) is 31.2 Å². The molecule has 0 bridgehead atoms. The lowest BCUT2D eigenvalue weighted by Crippen LogP contribution is -2.30. The Morgan fingerprint density at radius 2 is 2.22 bits per heavy atom. The Bertz CT molecular complexity index is 428. The van der Waals surface area contributed by atoms with Crippen molar-refractivity contribution in [3.63, 3.8) is 0 Å². The zero-order valence-corrected chi connectivity index (χ0v) is 10.2. The molecule has 1 N–H and O–H groups in total. The monoisotopic (exact) mass is 253 g/mol. The Kier molecular flexibility index (Phi) is 4.42. The van der Waals surface area contributed by atoms with E-state index in [1.54, 1.807) is 0 Å². The van der Waals surface area contributed by atoms with Crippen molar-refractivity contribution in [1.29, 1.82) is 0 Å². The van der Waals surface area contributed by atoms with Gasteiger partial charge in [-0.1, -0.05) is 6.07 Å². The second-order valence-corrected chi connectivity index (χ2v) is 4.70. The van der Waals surface area contributed by atoms with Gasteiger partial charge in [0.25, 0.3) is 0 Å². The van der Waals surface area contributed by atoms with Gasteiger partial charge in [0, 0.05) is 12.5 Å². The van der Waals surface area contributed by atoms with Crippen LogP contribution >= 0.6 is 0 Å². The van der Waals surface area contributed by atoms with Crippen molar-refractivity contribution in [3.8, 4) is 0 Å². The molecule has 1 heterocycles. The van der Waals surface area contributed by atoms with Gasteiger partial charge in [0.1, 0.15) is 17.4 Å². The third kappa shape index (κ3) is 3.35. The van der Waals surface area contributed by atoms with Crippen LogP contribution in [0.15, 0.2) is 18.2 Å². The summed E-state index contributed by atoms with van der Waals surface area (Å²) in [6.07, 6.45) is 3.49. The largest absolute Gasteiger partial charge is 0.307 e. The zero-order valence-electron chi connectivity index (χ0n) is 10.2. The number of carbonyl (C=O) groups excluding carboxylic acids is 1. The quantitative estimate of drug-likeness (QED) is 0.874. The summed E-state index contributed by atoms with van der Waals surface area (Å²) in [6.45, 7) is 0.906. The van der Waals surface area contributed by atoms with Gasteiger partial charge in [0.15, 0.2) is 0 Å². The van der Waals surface area contributed by atoms with Crippen molar-refractivity contribution in [1.82, 2.24) is 5.32 Å². The van der Waals surface area contributed by atoms with Crippen molar-refractivity contribution in [2.45, 2.75) is 38.1 Å². The SMILES string of the molecule is O=C(CCCc1ccc(F)cc1F)[C@@H]1CCCN1. The summed E-state index contributed by atoms with van der Waals surface area (Å²) in [5.74, 6) is -0.890. The molecular formula is C14H17F2NO. The molecule has 0 unspecified atom stereocenters. The zero-order chi connectivity index (χ0) is 13.0. The summed E-state index contributed by atoms with van der Waals surface area (Å²) >= 11 is 0. The van der Waals surface area contributed by atoms with Crippen LogP contribution in [-0.2, 0) is 11.2 Å². The fourth-order valence-electron chi connectivity index (χ4n) is 2.31. The standard InChI is InChI=1S/C14H17F2NO/c15-11-7-6-10(12(16)9-11)3-1-5-14(18)13-4-2-8-17-13/h6-7,9,13,17H,1-5,8H2/t13-/m0/s1. The number of halogens is 2. The van der Waals surface area contributed by atoms with E-state index in [1.807, 2.05) is 0 Å². The summed E-state index contributed by atoms with van der Waals surface area (Å²) in [4.78, 5) is 11.8. The highest BCUT2D eigenvalue weighted by Gasteiger charge is 2.21. The minimum atomic E-state index is -0.567. The molecule has 0 aromatic heterocycles. The minimum Gasteiger partial charge on any atom is -0.307 e. The normalized spacial score (nSPS) is 19.1. The van der Waals surface area contributed by atoms with Gasteiger partial charge in [-0.2, -0.15) is 0 Å². The predicted molar refractivity (Wildman–Crippen MR) is 65.3 cm³/mol. The first-order chi connectivity index (χ1) is 8.66. The van der Waals surface area contributed by atoms with Crippen molar-refractivity contribution in [2.24, 2.45) is 0 Å². The highest BCUT2D eigenvalue weighted by atomic mass is 19.1. The molecule has 18 heavy (non-hydrogen) atoms. The van der Waals surface area contributed by atoms with E-state index in [9.17, 15) is 13.6 Å². The molecule has 1 aromatic carbocycles. The molecule has 98 valence electrons. The lowest BCUT2D eigenvalue weighted by Gasteiger charge is -2.08. The Morgan fingerprint density at radius 3 is 2.89 bits per heavy atom. The molecule has 2 nitrogen and oxygen atoms in total. The molecule has 0 aliphatic carbocycles. The van der Waals surface area contributed by atoms with E-state index < -0.39 is 11.6 Å². The lowest BCUT2D eigenvalue weighted by atomic mass is 10.0. The van der Waals surface area contributed by atoms with Crippen LogP contribution in [0, 0.1) is 11.6 Å². The van der Waals surface area contributed by atoms with E-state index >= 15 is 0 Å². The number of carbonyl (C=O) groups is 1. The van der Waals surface area contributed by atoms with E-state index in [0.29, 0.717) is 24.8 Å². The number of benzene rings is 1. The molecule has 0 saturated carbocycles. The van der Waals surface area contributed by atoms with E-state index in [2.05, 4.69) is 5.32 Å². The molecule has 0 amide bonds. The van der Waals surface area contributed by atoms with Gasteiger partial charge in [0.2, 0.25) is 0 Å². The summed E-state index contributed by atoms with van der Waals surface area (Å²) in [5.41, 5.74) is 0.476. The predicted octanol–water partition coefficient (Wildman–Crippen LogP) is 2.61. The van der Waals surface area contributed by atoms with Gasteiger partial charge in [-0.15, -0.1) is 0 Å². The highest BCUT2D eigenvalue weighted by Crippen LogP contribution is 2.14. The van der Waals surface area contributed by atoms with Gasteiger partial charge in [-0.25, -0.2) is 8.78 Å². The summed E-state index contributed by atoms with van der Waals surface area (Å²) < 4.78 is 26.0. The third-order valence-electron chi connectivity index (χ3n) is 3.33. The van der Waals surface area contributed by atoms with Gasteiger partial charge in [-0.05, 0) is 43.9 Å². The fraction of sp³-hybridized carbons (Fsp3) is 0.500. The molecule has 1 aliphatic heterocycles. The van der Waals surface area contributed by atoms with Gasteiger partial charge < -0.3 is 5.32 Å². The van der Waals surface area contributed by atoms with E-state index in [4.69, 9.17) is 0 Å². The Morgan fingerprint density at radius 1 is 1.39 bits per heavy atom. The Balaban J connectivity index is 1.79. The minimum absolute atomic E-state index is 0.0111. The van der Waals surface area contributed by atoms with E-state index in [1.165, 1.54) is 12.1 Å². The van der Waals surface area contributed by atoms with E-state index in [-0.39, 0.29) is 11.8 Å². The van der Waals surface area contributed by atoms with Crippen LogP contribution < -0.4 is 5.32 Å². The Labute approximate surface area is 105 Å². The first-order valence-corrected chi connectivity index (χ1v) is 6.37. The van der Waals surface area contributed by atoms with Crippen LogP contribution in [0.4, 0.5) is 8.78 Å². The number of ketones is 1. The number of aryl methyl sites for hydroxylation is 1. The van der Waals surface area contributed by atoms with Crippen LogP contribution in [0.2, 0.25) is 0 Å². The van der Waals surface area contributed by atoms with Crippen LogP contribution in [0.3, 0.4) is 0 Å². The summed E-state index contributed by atoms with van der Waals surface area (Å²) in [5, 5.41) is 3.15. The third-order valence-corrected chi connectivity index (χ3v) is 3.33. The van der Waals surface area contributed by atoms with Gasteiger partial charge >= 0.3 is 0 Å². The molecule has 1 aliphatic rings. The van der Waals surface area contributed by atoms with Crippen LogP contribution in [0.25, 0.3) is 0 Å². The topological polar surface area (TPSA) is 29.1 Å². The second kappa shape index (κ2) is 6.05. The smallest absolute Gasteiger partial charge is 0.149 e. The molecular weight excluding hydrogens is 236 g/mol. The molecule has 1 atom stereocenters. The van der Waals surface area contributed by atoms with Crippen molar-refractivity contribution < 1.29 is 13.6 Å². The average molecular weight is 253 g/mol. The molecule has 1 aromatic rings.